The molecule has 0 heterocycles. The van der Waals surface area contributed by atoms with E-state index in [0.717, 1.165) is 38.5 Å². The highest BCUT2D eigenvalue weighted by Crippen LogP contribution is 2.19. The van der Waals surface area contributed by atoms with Gasteiger partial charge in [-0.15, -0.1) is 0 Å². The van der Waals surface area contributed by atoms with Gasteiger partial charge in [0.25, 0.3) is 0 Å². The van der Waals surface area contributed by atoms with Crippen LogP contribution in [0.3, 0.4) is 0 Å². The van der Waals surface area contributed by atoms with Crippen LogP contribution in [0.2, 0.25) is 0 Å². The molecule has 0 spiro atoms. The van der Waals surface area contributed by atoms with Crippen LogP contribution in [-0.2, 0) is 4.79 Å². The number of hydrogen-bond donors (Lipinski definition) is 5. The van der Waals surface area contributed by atoms with E-state index in [1.807, 2.05) is 0 Å². The molecule has 0 saturated carbocycles. The normalized spacial score (nSPS) is 13.6. The number of carbonyl (C=O) groups excluding carboxylic acids is 1. The molecule has 4 unspecified atom stereocenters. The van der Waals surface area contributed by atoms with Gasteiger partial charge in [-0.3, -0.25) is 4.79 Å². The van der Waals surface area contributed by atoms with Gasteiger partial charge in [0.2, 0.25) is 5.91 Å². The number of allylic oxidation sites excluding steroid dienone is 4. The average Bonchev–Trinajstić information content (AvgIpc) is 3.42. The van der Waals surface area contributed by atoms with Crippen LogP contribution in [0.5, 0.6) is 0 Å². The quantitative estimate of drug-likeness (QED) is 0.0308. The lowest BCUT2D eigenvalue weighted by molar-refractivity contribution is -0.132. The summed E-state index contributed by atoms with van der Waals surface area (Å²) in [6.07, 6.45) is 80.2. The van der Waals surface area contributed by atoms with E-state index in [9.17, 15) is 25.2 Å². The van der Waals surface area contributed by atoms with Crippen LogP contribution in [0.1, 0.15) is 380 Å². The number of aliphatic hydroxyl groups excluding tert-OH is 4. The van der Waals surface area contributed by atoms with Crippen molar-refractivity contribution in [1.82, 2.24) is 5.32 Å². The Morgan fingerprint density at radius 3 is 0.800 bits per heavy atom. The second-order valence-corrected chi connectivity index (χ2v) is 23.9. The summed E-state index contributed by atoms with van der Waals surface area (Å²) < 4.78 is 0. The van der Waals surface area contributed by atoms with Crippen molar-refractivity contribution in [2.75, 3.05) is 6.61 Å². The Morgan fingerprint density at radius 1 is 0.320 bits per heavy atom. The third-order valence-electron chi connectivity index (χ3n) is 16.4. The van der Waals surface area contributed by atoms with E-state index >= 15 is 0 Å². The van der Waals surface area contributed by atoms with Crippen molar-refractivity contribution in [3.63, 3.8) is 0 Å². The molecule has 4 atom stereocenters. The first-order chi connectivity index (χ1) is 37.0. The number of nitrogens with one attached hydrogen (secondary N) is 1. The highest BCUT2D eigenvalue weighted by Gasteiger charge is 2.28. The van der Waals surface area contributed by atoms with Crippen molar-refractivity contribution in [2.45, 2.75) is 404 Å². The molecule has 0 radical (unpaired) electrons. The van der Waals surface area contributed by atoms with Gasteiger partial charge in [0.15, 0.2) is 0 Å². The predicted molar refractivity (Wildman–Crippen MR) is 330 cm³/mol. The van der Waals surface area contributed by atoms with Crippen molar-refractivity contribution >= 4 is 5.91 Å². The molecule has 6 nitrogen and oxygen atoms in total. The highest BCUT2D eigenvalue weighted by atomic mass is 16.3. The Kier molecular flexibility index (Phi) is 62.6. The zero-order valence-corrected chi connectivity index (χ0v) is 50.8. The van der Waals surface area contributed by atoms with E-state index in [2.05, 4.69) is 43.5 Å². The lowest BCUT2D eigenvalue weighted by Crippen LogP contribution is -2.53. The van der Waals surface area contributed by atoms with Crippen LogP contribution < -0.4 is 5.32 Å². The van der Waals surface area contributed by atoms with E-state index in [1.54, 1.807) is 0 Å². The zero-order chi connectivity index (χ0) is 54.4. The molecule has 1 amide bonds. The van der Waals surface area contributed by atoms with Crippen molar-refractivity contribution in [3.8, 4) is 0 Å². The van der Waals surface area contributed by atoms with Crippen LogP contribution in [0, 0.1) is 0 Å². The molecule has 446 valence electrons. The molecule has 75 heavy (non-hydrogen) atoms. The fourth-order valence-corrected chi connectivity index (χ4v) is 11.1. The van der Waals surface area contributed by atoms with Crippen molar-refractivity contribution in [1.29, 1.82) is 0 Å². The predicted octanol–water partition coefficient (Wildman–Crippen LogP) is 20.9. The monoisotopic (exact) mass is 1060 g/mol. The van der Waals surface area contributed by atoms with Crippen LogP contribution >= 0.6 is 0 Å². The number of rotatable bonds is 64. The minimum Gasteiger partial charge on any atom is -0.394 e. The van der Waals surface area contributed by atoms with Gasteiger partial charge in [0.05, 0.1) is 18.8 Å². The molecule has 0 bridgehead atoms. The summed E-state index contributed by atoms with van der Waals surface area (Å²) >= 11 is 0. The van der Waals surface area contributed by atoms with Gasteiger partial charge in [0.1, 0.15) is 12.2 Å². The van der Waals surface area contributed by atoms with Crippen LogP contribution in [0.4, 0.5) is 0 Å². The first-order valence-electron chi connectivity index (χ1n) is 34.2. The van der Waals surface area contributed by atoms with Crippen LogP contribution in [-0.4, -0.2) is 57.3 Å². The third kappa shape index (κ3) is 57.3. The standard InChI is InChI=1S/C69H135NO5/c1-3-5-7-9-11-13-15-17-19-21-23-25-26-27-28-29-30-31-32-33-34-35-36-37-38-39-40-41-43-45-47-49-51-53-55-57-59-61-63-67(73)69(75)70-65(64-71)68(74)66(72)62-60-58-56-54-52-50-48-46-44-42-24-22-20-18-16-14-12-10-8-6-4-2/h33-34,54,56,65-68,71-74H,3-32,35-53,55,57-64H2,1-2H3,(H,70,75)/b34-33-,56-54+. The van der Waals surface area contributed by atoms with Gasteiger partial charge in [0, 0.05) is 0 Å². The minimum atomic E-state index is -1.28. The second kappa shape index (κ2) is 63.6. The fourth-order valence-electron chi connectivity index (χ4n) is 11.1. The SMILES string of the molecule is CCCCCCCCCCCCCCCCCC/C=C/CCCC(O)C(O)C(CO)NC(=O)C(O)CCCCCCCCCCCCCCCCCC/C=C\CCCCCCCCCCCCCCCCCCCC. The molecule has 0 rings (SSSR count). The first kappa shape index (κ1) is 73.8. The zero-order valence-electron chi connectivity index (χ0n) is 50.8. The van der Waals surface area contributed by atoms with Crippen molar-refractivity contribution in [2.24, 2.45) is 0 Å². The summed E-state index contributed by atoms with van der Waals surface area (Å²) in [4.78, 5) is 12.6. The number of hydrogen-bond acceptors (Lipinski definition) is 5. The molecule has 0 aliphatic heterocycles. The molecule has 6 heteroatoms. The maximum atomic E-state index is 12.6. The molecule has 0 aromatic rings. The summed E-state index contributed by atoms with van der Waals surface area (Å²) in [5, 5.41) is 44.1. The van der Waals surface area contributed by atoms with Crippen molar-refractivity contribution < 1.29 is 25.2 Å². The maximum absolute atomic E-state index is 12.6. The largest absolute Gasteiger partial charge is 0.394 e. The topological polar surface area (TPSA) is 110 Å². The van der Waals surface area contributed by atoms with Crippen LogP contribution in [0.15, 0.2) is 24.3 Å². The molecule has 0 aromatic heterocycles. The summed E-state index contributed by atoms with van der Waals surface area (Å²) in [6, 6.07) is -1.00. The van der Waals surface area contributed by atoms with E-state index in [0.29, 0.717) is 12.8 Å². The Morgan fingerprint density at radius 2 is 0.547 bits per heavy atom. The molecule has 0 saturated heterocycles. The lowest BCUT2D eigenvalue weighted by Gasteiger charge is -2.27. The Hall–Kier alpha value is -1.21. The van der Waals surface area contributed by atoms with Gasteiger partial charge < -0.3 is 25.7 Å². The first-order valence-corrected chi connectivity index (χ1v) is 34.2. The Labute approximate surface area is 469 Å². The molecular weight excluding hydrogens is 923 g/mol. The highest BCUT2D eigenvalue weighted by molar-refractivity contribution is 5.80. The van der Waals surface area contributed by atoms with Gasteiger partial charge >= 0.3 is 0 Å². The third-order valence-corrected chi connectivity index (χ3v) is 16.4. The van der Waals surface area contributed by atoms with Crippen molar-refractivity contribution in [3.05, 3.63) is 24.3 Å². The average molecular weight is 1060 g/mol. The Balaban J connectivity index is 3.53. The van der Waals surface area contributed by atoms with E-state index in [1.165, 1.54) is 315 Å². The Bertz CT molecular complexity index is 1140. The number of carbonyl (C=O) groups is 1. The van der Waals surface area contributed by atoms with E-state index in [-0.39, 0.29) is 0 Å². The maximum Gasteiger partial charge on any atom is 0.249 e. The summed E-state index contributed by atoms with van der Waals surface area (Å²) in [7, 11) is 0. The summed E-state index contributed by atoms with van der Waals surface area (Å²) in [6.45, 7) is 4.09. The molecule has 0 fully saturated rings. The smallest absolute Gasteiger partial charge is 0.249 e. The second-order valence-electron chi connectivity index (χ2n) is 23.9. The van der Waals surface area contributed by atoms with Gasteiger partial charge in [-0.05, 0) is 64.2 Å². The molecular formula is C69H135NO5. The number of amides is 1. The van der Waals surface area contributed by atoms with Gasteiger partial charge in [-0.1, -0.05) is 340 Å². The summed E-state index contributed by atoms with van der Waals surface area (Å²) in [5.41, 5.74) is 0. The molecule has 0 aromatic carbocycles. The summed E-state index contributed by atoms with van der Waals surface area (Å²) in [5.74, 6) is -0.587. The molecule has 0 aliphatic rings. The number of aliphatic hydroxyl groups is 4. The fraction of sp³-hybridized carbons (Fsp3) is 0.928. The van der Waals surface area contributed by atoms with Gasteiger partial charge in [-0.25, -0.2) is 0 Å². The van der Waals surface area contributed by atoms with E-state index in [4.69, 9.17) is 0 Å². The molecule has 5 N–H and O–H groups in total. The van der Waals surface area contributed by atoms with Gasteiger partial charge in [-0.2, -0.15) is 0 Å². The minimum absolute atomic E-state index is 0.367. The van der Waals surface area contributed by atoms with Crippen LogP contribution in [0.25, 0.3) is 0 Å². The van der Waals surface area contributed by atoms with E-state index < -0.39 is 36.9 Å². The lowest BCUT2D eigenvalue weighted by atomic mass is 10.00. The molecule has 0 aliphatic carbocycles. The number of unbranched alkanes of at least 4 members (excludes halogenated alkanes) is 51.